The van der Waals surface area contributed by atoms with E-state index in [-0.39, 0.29) is 25.2 Å². The van der Waals surface area contributed by atoms with Crippen molar-refractivity contribution in [3.05, 3.63) is 0 Å². The molecule has 1 aliphatic rings. The van der Waals surface area contributed by atoms with Gasteiger partial charge >= 0.3 is 0 Å². The Kier molecular flexibility index (Phi) is 5.37. The van der Waals surface area contributed by atoms with Crippen LogP contribution < -0.4 is 0 Å². The van der Waals surface area contributed by atoms with Gasteiger partial charge in [0.25, 0.3) is 10.2 Å². The van der Waals surface area contributed by atoms with Gasteiger partial charge < -0.3 is 5.11 Å². The number of nitrogens with zero attached hydrogens (tertiary/aromatic N) is 2. The van der Waals surface area contributed by atoms with Crippen LogP contribution in [0.2, 0.25) is 0 Å². The average molecular weight is 264 g/mol. The molecule has 0 saturated carbocycles. The van der Waals surface area contributed by atoms with E-state index in [2.05, 4.69) is 0 Å². The van der Waals surface area contributed by atoms with Gasteiger partial charge in [-0.3, -0.25) is 0 Å². The van der Waals surface area contributed by atoms with Crippen molar-refractivity contribution in [3.63, 3.8) is 0 Å². The van der Waals surface area contributed by atoms with E-state index in [9.17, 15) is 8.42 Å². The van der Waals surface area contributed by atoms with Crippen LogP contribution >= 0.6 is 0 Å². The summed E-state index contributed by atoms with van der Waals surface area (Å²) in [6.45, 7) is 6.25. The number of hydrogen-bond donors (Lipinski definition) is 1. The molecule has 0 aliphatic carbocycles. The Balaban J connectivity index is 2.90. The van der Waals surface area contributed by atoms with E-state index in [1.165, 1.54) is 4.31 Å². The Morgan fingerprint density at radius 3 is 2.53 bits per heavy atom. The second-order valence-corrected chi connectivity index (χ2v) is 6.73. The lowest BCUT2D eigenvalue weighted by Crippen LogP contribution is -2.52. The zero-order chi connectivity index (χ0) is 13.1. The number of aliphatic hydroxyl groups is 1. The van der Waals surface area contributed by atoms with Gasteiger partial charge in [-0.1, -0.05) is 6.42 Å². The average Bonchev–Trinajstić information content (AvgIpc) is 2.25. The molecule has 0 bridgehead atoms. The number of aliphatic hydroxyl groups excluding tert-OH is 1. The van der Waals surface area contributed by atoms with Crippen LogP contribution in [0.15, 0.2) is 0 Å². The monoisotopic (exact) mass is 264 g/mol. The van der Waals surface area contributed by atoms with Crippen molar-refractivity contribution in [2.75, 3.05) is 19.7 Å². The van der Waals surface area contributed by atoms with Gasteiger partial charge in [0.2, 0.25) is 0 Å². The first kappa shape index (κ1) is 14.9. The summed E-state index contributed by atoms with van der Waals surface area (Å²) in [7, 11) is -3.43. The van der Waals surface area contributed by atoms with Gasteiger partial charge in [0.15, 0.2) is 0 Å². The van der Waals surface area contributed by atoms with Crippen molar-refractivity contribution in [2.45, 2.75) is 52.1 Å². The first-order chi connectivity index (χ1) is 7.91. The number of hydrogen-bond acceptors (Lipinski definition) is 3. The van der Waals surface area contributed by atoms with Gasteiger partial charge in [-0.25, -0.2) is 0 Å². The Morgan fingerprint density at radius 1 is 1.41 bits per heavy atom. The van der Waals surface area contributed by atoms with Gasteiger partial charge in [0.05, 0.1) is 6.61 Å². The molecule has 0 aromatic rings. The van der Waals surface area contributed by atoms with E-state index < -0.39 is 10.2 Å². The number of piperidine rings is 1. The normalized spacial score (nSPS) is 23.5. The Hall–Kier alpha value is -0.170. The van der Waals surface area contributed by atoms with Crippen LogP contribution in [0.25, 0.3) is 0 Å². The fourth-order valence-electron chi connectivity index (χ4n) is 2.29. The molecule has 102 valence electrons. The molecule has 1 aliphatic heterocycles. The van der Waals surface area contributed by atoms with Crippen molar-refractivity contribution in [1.82, 2.24) is 8.61 Å². The SMILES string of the molecule is CC(C)N(CCO)S(=O)(=O)N1CCCCC1C. The summed E-state index contributed by atoms with van der Waals surface area (Å²) < 4.78 is 27.9. The van der Waals surface area contributed by atoms with Crippen molar-refractivity contribution in [2.24, 2.45) is 0 Å². The van der Waals surface area contributed by atoms with Gasteiger partial charge in [-0.05, 0) is 33.6 Å². The molecular weight excluding hydrogens is 240 g/mol. The largest absolute Gasteiger partial charge is 0.395 e. The topological polar surface area (TPSA) is 60.9 Å². The summed E-state index contributed by atoms with van der Waals surface area (Å²) in [5, 5.41) is 8.99. The second-order valence-electron chi connectivity index (χ2n) is 4.89. The van der Waals surface area contributed by atoms with Gasteiger partial charge in [-0.15, -0.1) is 0 Å². The third kappa shape index (κ3) is 3.40. The Labute approximate surface area is 105 Å². The molecule has 6 heteroatoms. The van der Waals surface area contributed by atoms with Crippen LogP contribution in [-0.2, 0) is 10.2 Å². The van der Waals surface area contributed by atoms with Gasteiger partial charge in [0.1, 0.15) is 0 Å². The first-order valence-corrected chi connectivity index (χ1v) is 7.70. The summed E-state index contributed by atoms with van der Waals surface area (Å²) >= 11 is 0. The van der Waals surface area contributed by atoms with Crippen LogP contribution in [0.3, 0.4) is 0 Å². The summed E-state index contributed by atoms with van der Waals surface area (Å²) in [4.78, 5) is 0. The molecule has 1 saturated heterocycles. The van der Waals surface area contributed by atoms with Crippen molar-refractivity contribution in [1.29, 1.82) is 0 Å². The third-order valence-electron chi connectivity index (χ3n) is 3.23. The summed E-state index contributed by atoms with van der Waals surface area (Å²) in [6.07, 6.45) is 2.94. The minimum atomic E-state index is -3.43. The maximum Gasteiger partial charge on any atom is 0.282 e. The van der Waals surface area contributed by atoms with Crippen molar-refractivity contribution >= 4 is 10.2 Å². The molecule has 1 atom stereocenters. The number of rotatable bonds is 5. The molecule has 1 heterocycles. The fourth-order valence-corrected chi connectivity index (χ4v) is 4.32. The van der Waals surface area contributed by atoms with Crippen LogP contribution in [0.1, 0.15) is 40.0 Å². The quantitative estimate of drug-likeness (QED) is 0.799. The molecule has 1 fully saturated rings. The van der Waals surface area contributed by atoms with Gasteiger partial charge in [-0.2, -0.15) is 17.0 Å². The predicted octanol–water partition coefficient (Wildman–Crippen LogP) is 0.808. The summed E-state index contributed by atoms with van der Waals surface area (Å²) in [6, 6.07) is -0.0602. The van der Waals surface area contributed by atoms with E-state index in [1.54, 1.807) is 4.31 Å². The molecule has 0 radical (unpaired) electrons. The Bertz CT molecular complexity index is 320. The highest BCUT2D eigenvalue weighted by molar-refractivity contribution is 7.86. The zero-order valence-electron chi connectivity index (χ0n) is 11.0. The van der Waals surface area contributed by atoms with Crippen molar-refractivity contribution < 1.29 is 13.5 Å². The van der Waals surface area contributed by atoms with Crippen LogP contribution in [0.4, 0.5) is 0 Å². The molecule has 0 aromatic heterocycles. The van der Waals surface area contributed by atoms with E-state index >= 15 is 0 Å². The molecule has 1 rings (SSSR count). The van der Waals surface area contributed by atoms with Crippen LogP contribution in [-0.4, -0.2) is 53.9 Å². The molecular formula is C11H24N2O3S. The predicted molar refractivity (Wildman–Crippen MR) is 67.9 cm³/mol. The van der Waals surface area contributed by atoms with E-state index in [0.717, 1.165) is 19.3 Å². The molecule has 1 N–H and O–H groups in total. The van der Waals surface area contributed by atoms with Crippen LogP contribution in [0, 0.1) is 0 Å². The van der Waals surface area contributed by atoms with E-state index in [4.69, 9.17) is 5.11 Å². The summed E-state index contributed by atoms with van der Waals surface area (Å²) in [5.74, 6) is 0. The van der Waals surface area contributed by atoms with Gasteiger partial charge in [0, 0.05) is 25.2 Å². The molecule has 5 nitrogen and oxygen atoms in total. The maximum atomic E-state index is 12.5. The third-order valence-corrected chi connectivity index (χ3v) is 5.56. The highest BCUT2D eigenvalue weighted by atomic mass is 32.2. The molecule has 0 aromatic carbocycles. The summed E-state index contributed by atoms with van der Waals surface area (Å²) in [5.41, 5.74) is 0. The Morgan fingerprint density at radius 2 is 2.06 bits per heavy atom. The maximum absolute atomic E-state index is 12.5. The van der Waals surface area contributed by atoms with Crippen LogP contribution in [0.5, 0.6) is 0 Å². The minimum Gasteiger partial charge on any atom is -0.395 e. The lowest BCUT2D eigenvalue weighted by Gasteiger charge is -2.37. The zero-order valence-corrected chi connectivity index (χ0v) is 11.8. The minimum absolute atomic E-state index is 0.0636. The van der Waals surface area contributed by atoms with E-state index in [1.807, 2.05) is 20.8 Å². The molecule has 17 heavy (non-hydrogen) atoms. The highest BCUT2D eigenvalue weighted by Crippen LogP contribution is 2.23. The second kappa shape index (κ2) is 6.13. The molecule has 0 spiro atoms. The standard InChI is InChI=1S/C11H24N2O3S/c1-10(2)12(8-9-14)17(15,16)13-7-5-4-6-11(13)3/h10-11,14H,4-9H2,1-3H3. The lowest BCUT2D eigenvalue weighted by atomic mass is 10.1. The smallest absolute Gasteiger partial charge is 0.282 e. The first-order valence-electron chi connectivity index (χ1n) is 6.30. The lowest BCUT2D eigenvalue weighted by molar-refractivity contribution is 0.204. The van der Waals surface area contributed by atoms with Crippen molar-refractivity contribution in [3.8, 4) is 0 Å². The molecule has 0 amide bonds. The molecule has 1 unspecified atom stereocenters. The highest BCUT2D eigenvalue weighted by Gasteiger charge is 2.35. The van der Waals surface area contributed by atoms with E-state index in [0.29, 0.717) is 6.54 Å². The fraction of sp³-hybridized carbons (Fsp3) is 1.00.